The summed E-state index contributed by atoms with van der Waals surface area (Å²) in [7, 11) is 0. The van der Waals surface area contributed by atoms with Crippen LogP contribution in [0.2, 0.25) is 0 Å². The van der Waals surface area contributed by atoms with E-state index in [9.17, 15) is 13.2 Å². The second kappa shape index (κ2) is 12.9. The quantitative estimate of drug-likeness (QED) is 0.245. The van der Waals surface area contributed by atoms with Gasteiger partial charge in [-0.05, 0) is 71.2 Å². The van der Waals surface area contributed by atoms with Crippen molar-refractivity contribution in [2.45, 2.75) is 45.2 Å². The van der Waals surface area contributed by atoms with Gasteiger partial charge in [-0.1, -0.05) is 24.3 Å². The lowest BCUT2D eigenvalue weighted by atomic mass is 10.1. The summed E-state index contributed by atoms with van der Waals surface area (Å²) in [4.78, 5) is 4.33. The third kappa shape index (κ3) is 8.44. The summed E-state index contributed by atoms with van der Waals surface area (Å²) in [5.74, 6) is 1.55. The lowest BCUT2D eigenvalue weighted by molar-refractivity contribution is -0.274. The molecule has 0 radical (unpaired) electrons. The number of ether oxygens (including phenoxy) is 2. The molecule has 4 aromatic rings. The average Bonchev–Trinajstić information content (AvgIpc) is 3.54. The molecule has 38 heavy (non-hydrogen) atoms. The van der Waals surface area contributed by atoms with Crippen LogP contribution >= 0.6 is 0 Å². The second-order valence-electron chi connectivity index (χ2n) is 8.31. The number of aryl methyl sites for hydroxylation is 2. The number of tetrazole rings is 1. The zero-order valence-corrected chi connectivity index (χ0v) is 20.3. The van der Waals surface area contributed by atoms with Crippen molar-refractivity contribution in [2.24, 2.45) is 0 Å². The number of rotatable bonds is 13. The maximum absolute atomic E-state index is 12.3. The standard InChI is InChI=1S/C26H26F3N5O4/c27-26(28,29)38-23-12-7-20(8-13-23)9-14-25-30-21(18-37-25)17-36-22-10-5-19(6-11-22)3-1-2-4-24-31-32-33-34(24)15-16-35/h5-14,18,35H,1-4,15-17H2. The monoisotopic (exact) mass is 529 g/mol. The Morgan fingerprint density at radius 3 is 2.42 bits per heavy atom. The maximum atomic E-state index is 12.3. The number of halogens is 3. The summed E-state index contributed by atoms with van der Waals surface area (Å²) in [6.45, 7) is 0.631. The molecule has 0 amide bonds. The van der Waals surface area contributed by atoms with Gasteiger partial charge >= 0.3 is 6.36 Å². The van der Waals surface area contributed by atoms with E-state index >= 15 is 0 Å². The van der Waals surface area contributed by atoms with Crippen LogP contribution in [0.15, 0.2) is 59.2 Å². The molecular formula is C26H26F3N5O4. The smallest absolute Gasteiger partial charge is 0.487 e. The summed E-state index contributed by atoms with van der Waals surface area (Å²) in [6, 6.07) is 13.3. The first-order chi connectivity index (χ1) is 18.4. The van der Waals surface area contributed by atoms with Crippen LogP contribution < -0.4 is 9.47 Å². The lowest BCUT2D eigenvalue weighted by Crippen LogP contribution is -2.16. The molecule has 0 aliphatic heterocycles. The van der Waals surface area contributed by atoms with Gasteiger partial charge in [-0.2, -0.15) is 0 Å². The van der Waals surface area contributed by atoms with Crippen LogP contribution in [0.25, 0.3) is 12.2 Å². The van der Waals surface area contributed by atoms with E-state index in [2.05, 4.69) is 25.2 Å². The van der Waals surface area contributed by atoms with Crippen LogP contribution in [0.3, 0.4) is 0 Å². The number of oxazole rings is 1. The highest BCUT2D eigenvalue weighted by Crippen LogP contribution is 2.23. The predicted molar refractivity (Wildman–Crippen MR) is 131 cm³/mol. The number of hydrogen-bond acceptors (Lipinski definition) is 8. The molecule has 0 spiro atoms. The molecule has 0 unspecified atom stereocenters. The van der Waals surface area contributed by atoms with Crippen molar-refractivity contribution in [3.63, 3.8) is 0 Å². The van der Waals surface area contributed by atoms with E-state index in [4.69, 9.17) is 14.3 Å². The SMILES string of the molecule is OCCn1nnnc1CCCCc1ccc(OCc2coc(C=Cc3ccc(OC(F)(F)F)cc3)n2)cc1. The Morgan fingerprint density at radius 1 is 0.947 bits per heavy atom. The Hall–Kier alpha value is -4.19. The van der Waals surface area contributed by atoms with E-state index in [-0.39, 0.29) is 19.0 Å². The second-order valence-corrected chi connectivity index (χ2v) is 8.31. The lowest BCUT2D eigenvalue weighted by Gasteiger charge is -2.08. The van der Waals surface area contributed by atoms with Crippen molar-refractivity contribution >= 4 is 12.2 Å². The molecule has 0 aliphatic rings. The number of unbranched alkanes of at least 4 members (excludes halogenated alkanes) is 1. The summed E-state index contributed by atoms with van der Waals surface area (Å²) in [5.41, 5.74) is 2.46. The van der Waals surface area contributed by atoms with Crippen molar-refractivity contribution in [2.75, 3.05) is 6.61 Å². The molecule has 0 saturated heterocycles. The van der Waals surface area contributed by atoms with Crippen LogP contribution in [0, 0.1) is 0 Å². The van der Waals surface area contributed by atoms with E-state index in [1.165, 1.54) is 36.1 Å². The molecule has 0 fully saturated rings. The number of aliphatic hydroxyl groups excluding tert-OH is 1. The van der Waals surface area contributed by atoms with Gasteiger partial charge in [0.25, 0.3) is 0 Å². The molecule has 0 atom stereocenters. The van der Waals surface area contributed by atoms with Crippen LogP contribution in [-0.2, 0) is 26.0 Å². The number of aliphatic hydroxyl groups is 1. The Bertz CT molecular complexity index is 1300. The van der Waals surface area contributed by atoms with Crippen molar-refractivity contribution < 1.29 is 32.2 Å². The summed E-state index contributed by atoms with van der Waals surface area (Å²) in [5, 5.41) is 20.5. The van der Waals surface area contributed by atoms with Gasteiger partial charge in [0.2, 0.25) is 5.89 Å². The molecule has 0 aliphatic carbocycles. The van der Waals surface area contributed by atoms with E-state index in [1.807, 2.05) is 24.3 Å². The van der Waals surface area contributed by atoms with Crippen molar-refractivity contribution in [3.8, 4) is 11.5 Å². The van der Waals surface area contributed by atoms with E-state index in [1.54, 1.807) is 16.8 Å². The Morgan fingerprint density at radius 2 is 1.68 bits per heavy atom. The van der Waals surface area contributed by atoms with Gasteiger partial charge in [0.15, 0.2) is 5.82 Å². The largest absolute Gasteiger partial charge is 0.573 e. The van der Waals surface area contributed by atoms with Gasteiger partial charge in [0, 0.05) is 12.5 Å². The number of hydrogen-bond donors (Lipinski definition) is 1. The minimum absolute atomic E-state index is 0.00600. The fourth-order valence-electron chi connectivity index (χ4n) is 3.61. The first-order valence-corrected chi connectivity index (χ1v) is 11.9. The third-order valence-electron chi connectivity index (χ3n) is 5.45. The number of nitrogens with zero attached hydrogens (tertiary/aromatic N) is 5. The number of alkyl halides is 3. The highest BCUT2D eigenvalue weighted by atomic mass is 19.4. The molecule has 9 nitrogen and oxygen atoms in total. The predicted octanol–water partition coefficient (Wildman–Crippen LogP) is 4.87. The minimum atomic E-state index is -4.72. The van der Waals surface area contributed by atoms with Gasteiger partial charge in [-0.15, -0.1) is 18.3 Å². The molecule has 4 rings (SSSR count). The van der Waals surface area contributed by atoms with Crippen LogP contribution in [0.5, 0.6) is 11.5 Å². The molecule has 2 aromatic heterocycles. The van der Waals surface area contributed by atoms with E-state index in [0.29, 0.717) is 29.4 Å². The normalized spacial score (nSPS) is 11.8. The van der Waals surface area contributed by atoms with Crippen LogP contribution in [0.4, 0.5) is 13.2 Å². The van der Waals surface area contributed by atoms with E-state index < -0.39 is 6.36 Å². The summed E-state index contributed by atoms with van der Waals surface area (Å²) < 4.78 is 53.4. The summed E-state index contributed by atoms with van der Waals surface area (Å²) >= 11 is 0. The van der Waals surface area contributed by atoms with Gasteiger partial charge in [0.1, 0.15) is 30.1 Å². The molecule has 0 saturated carbocycles. The van der Waals surface area contributed by atoms with Gasteiger partial charge < -0.3 is 19.0 Å². The van der Waals surface area contributed by atoms with Gasteiger partial charge in [0.05, 0.1) is 13.2 Å². The van der Waals surface area contributed by atoms with Crippen molar-refractivity contribution in [3.05, 3.63) is 83.3 Å². The fraction of sp³-hybridized carbons (Fsp3) is 0.308. The zero-order valence-electron chi connectivity index (χ0n) is 20.3. The number of benzene rings is 2. The van der Waals surface area contributed by atoms with Crippen molar-refractivity contribution in [1.82, 2.24) is 25.2 Å². The maximum Gasteiger partial charge on any atom is 0.573 e. The first-order valence-electron chi connectivity index (χ1n) is 11.9. The highest BCUT2D eigenvalue weighted by Gasteiger charge is 2.30. The molecule has 200 valence electrons. The molecule has 12 heteroatoms. The highest BCUT2D eigenvalue weighted by molar-refractivity contribution is 5.66. The van der Waals surface area contributed by atoms with Gasteiger partial charge in [-0.25, -0.2) is 9.67 Å². The molecule has 2 aromatic carbocycles. The Kier molecular flexibility index (Phi) is 9.09. The summed E-state index contributed by atoms with van der Waals surface area (Å²) in [6.07, 6.45) is 3.64. The van der Waals surface area contributed by atoms with Crippen LogP contribution in [-0.4, -0.2) is 43.3 Å². The number of aromatic nitrogens is 5. The molecule has 1 N–H and O–H groups in total. The first kappa shape index (κ1) is 26.9. The van der Waals surface area contributed by atoms with Gasteiger partial charge in [-0.3, -0.25) is 0 Å². The van der Waals surface area contributed by atoms with Crippen LogP contribution in [0.1, 0.15) is 41.4 Å². The zero-order chi connectivity index (χ0) is 26.8. The molecule has 0 bridgehead atoms. The fourth-order valence-corrected chi connectivity index (χ4v) is 3.61. The Balaban J connectivity index is 1.19. The minimum Gasteiger partial charge on any atom is -0.487 e. The average molecular weight is 530 g/mol. The molecule has 2 heterocycles. The van der Waals surface area contributed by atoms with E-state index in [0.717, 1.165) is 31.5 Å². The van der Waals surface area contributed by atoms with Crippen molar-refractivity contribution in [1.29, 1.82) is 0 Å². The topological polar surface area (TPSA) is 108 Å². The third-order valence-corrected chi connectivity index (χ3v) is 5.45. The Labute approximate surface area is 216 Å². The molecular weight excluding hydrogens is 503 g/mol.